The monoisotopic (exact) mass is 441 g/mol. The molecule has 0 aliphatic carbocycles. The molecule has 0 aliphatic heterocycles. The Morgan fingerprint density at radius 1 is 1.03 bits per heavy atom. The van der Waals surface area contributed by atoms with Crippen molar-refractivity contribution in [1.29, 1.82) is 0 Å². The zero-order valence-electron chi connectivity index (χ0n) is 16.2. The molecule has 0 saturated carbocycles. The molecule has 8 nitrogen and oxygen atoms in total. The van der Waals surface area contributed by atoms with Crippen LogP contribution in [0.15, 0.2) is 46.0 Å². The summed E-state index contributed by atoms with van der Waals surface area (Å²) in [7, 11) is -2.16. The number of sulfonamides is 1. The molecule has 1 heterocycles. The van der Waals surface area contributed by atoms with Gasteiger partial charge in [0, 0.05) is 7.05 Å². The number of hydrogen-bond donors (Lipinski definition) is 0. The van der Waals surface area contributed by atoms with Crippen LogP contribution in [0.1, 0.15) is 19.8 Å². The molecule has 29 heavy (non-hydrogen) atoms. The topological polar surface area (TPSA) is 99.2 Å². The molecule has 0 bridgehead atoms. The second kappa shape index (κ2) is 10.8. The third-order valence-corrected chi connectivity index (χ3v) is 6.94. The van der Waals surface area contributed by atoms with Crippen molar-refractivity contribution < 1.29 is 32.2 Å². The Morgan fingerprint density at radius 3 is 2.34 bits per heavy atom. The summed E-state index contributed by atoms with van der Waals surface area (Å²) in [5.74, 6) is -0.955. The lowest BCUT2D eigenvalue weighted by Gasteiger charge is -2.18. The molecule has 0 saturated heterocycles. The van der Waals surface area contributed by atoms with Gasteiger partial charge in [-0.1, -0.05) is 19.4 Å². The van der Waals surface area contributed by atoms with Crippen molar-refractivity contribution in [3.8, 4) is 5.75 Å². The number of nitrogens with zero attached hydrogens (tertiary/aromatic N) is 1. The standard InChI is InChI=1S/C19H23NO7S2/c1-3-4-11-25-17(21)14-27-18(22)13-26-16-9-7-15(8-10-16)20(2)29(23,24)19-6-5-12-28-19/h5-10,12H,3-4,11,13-14H2,1-2H3. The van der Waals surface area contributed by atoms with Gasteiger partial charge in [0.25, 0.3) is 10.0 Å². The van der Waals surface area contributed by atoms with Crippen LogP contribution in [-0.2, 0) is 29.1 Å². The Kier molecular flexibility index (Phi) is 8.47. The smallest absolute Gasteiger partial charge is 0.344 e. The van der Waals surface area contributed by atoms with E-state index in [1.165, 1.54) is 11.4 Å². The average Bonchev–Trinajstić information content (AvgIpc) is 3.26. The highest BCUT2D eigenvalue weighted by Gasteiger charge is 2.22. The summed E-state index contributed by atoms with van der Waals surface area (Å²) in [5, 5.41) is 1.70. The lowest BCUT2D eigenvalue weighted by molar-refractivity contribution is -0.159. The van der Waals surface area contributed by atoms with Crippen molar-refractivity contribution in [3.05, 3.63) is 41.8 Å². The molecule has 0 unspecified atom stereocenters. The summed E-state index contributed by atoms with van der Waals surface area (Å²) in [6, 6.07) is 9.43. The number of ether oxygens (including phenoxy) is 3. The largest absolute Gasteiger partial charge is 0.482 e. The summed E-state index contributed by atoms with van der Waals surface area (Å²) >= 11 is 1.14. The predicted octanol–water partition coefficient (Wildman–Crippen LogP) is 2.84. The van der Waals surface area contributed by atoms with Gasteiger partial charge in [0.1, 0.15) is 9.96 Å². The van der Waals surface area contributed by atoms with E-state index in [0.29, 0.717) is 18.0 Å². The van der Waals surface area contributed by atoms with Crippen LogP contribution in [0.5, 0.6) is 5.75 Å². The Bertz CT molecular complexity index is 893. The first-order valence-electron chi connectivity index (χ1n) is 8.91. The Morgan fingerprint density at radius 2 is 1.72 bits per heavy atom. The molecule has 0 aliphatic rings. The quantitative estimate of drug-likeness (QED) is 0.390. The number of rotatable bonds is 11. The normalized spacial score (nSPS) is 11.0. The van der Waals surface area contributed by atoms with Crippen molar-refractivity contribution in [2.75, 3.05) is 31.2 Å². The number of anilines is 1. The SMILES string of the molecule is CCCCOC(=O)COC(=O)COc1ccc(N(C)S(=O)(=O)c2cccs2)cc1. The summed E-state index contributed by atoms with van der Waals surface area (Å²) in [6.45, 7) is 1.42. The van der Waals surface area contributed by atoms with Crippen LogP contribution >= 0.6 is 11.3 Å². The van der Waals surface area contributed by atoms with E-state index in [1.807, 2.05) is 6.92 Å². The van der Waals surface area contributed by atoms with Gasteiger partial charge < -0.3 is 14.2 Å². The zero-order valence-corrected chi connectivity index (χ0v) is 17.8. The molecule has 158 valence electrons. The van der Waals surface area contributed by atoms with Gasteiger partial charge in [0.05, 0.1) is 12.3 Å². The minimum atomic E-state index is -3.62. The van der Waals surface area contributed by atoms with Gasteiger partial charge in [-0.3, -0.25) is 4.31 Å². The molecule has 0 spiro atoms. The first kappa shape index (κ1) is 22.7. The maximum atomic E-state index is 12.5. The van der Waals surface area contributed by atoms with E-state index in [4.69, 9.17) is 14.2 Å². The van der Waals surface area contributed by atoms with Crippen LogP contribution in [0, 0.1) is 0 Å². The lowest BCUT2D eigenvalue weighted by atomic mass is 10.3. The number of hydrogen-bond acceptors (Lipinski definition) is 8. The van der Waals surface area contributed by atoms with Crippen molar-refractivity contribution in [1.82, 2.24) is 0 Å². The molecule has 0 fully saturated rings. The molecule has 2 rings (SSSR count). The van der Waals surface area contributed by atoms with E-state index >= 15 is 0 Å². The van der Waals surface area contributed by atoms with Gasteiger partial charge in [-0.05, 0) is 42.1 Å². The number of esters is 2. The van der Waals surface area contributed by atoms with E-state index in [9.17, 15) is 18.0 Å². The summed E-state index contributed by atoms with van der Waals surface area (Å²) in [6.07, 6.45) is 1.65. The third kappa shape index (κ3) is 6.75. The van der Waals surface area contributed by atoms with Gasteiger partial charge in [-0.15, -0.1) is 11.3 Å². The first-order valence-corrected chi connectivity index (χ1v) is 11.2. The fourth-order valence-corrected chi connectivity index (χ4v) is 4.49. The number of carbonyl (C=O) groups is 2. The van der Waals surface area contributed by atoms with Crippen molar-refractivity contribution >= 4 is 39.0 Å². The van der Waals surface area contributed by atoms with E-state index in [0.717, 1.165) is 24.2 Å². The highest BCUT2D eigenvalue weighted by Crippen LogP contribution is 2.26. The second-order valence-electron chi connectivity index (χ2n) is 5.92. The summed E-state index contributed by atoms with van der Waals surface area (Å²) in [5.41, 5.74) is 0.447. The molecule has 2 aromatic rings. The van der Waals surface area contributed by atoms with Gasteiger partial charge in [-0.2, -0.15) is 0 Å². The molecule has 0 radical (unpaired) electrons. The lowest BCUT2D eigenvalue weighted by Crippen LogP contribution is -2.25. The van der Waals surface area contributed by atoms with Crippen molar-refractivity contribution in [3.63, 3.8) is 0 Å². The maximum Gasteiger partial charge on any atom is 0.344 e. The molecular weight excluding hydrogens is 418 g/mol. The summed E-state index contributed by atoms with van der Waals surface area (Å²) < 4.78 is 41.4. The second-order valence-corrected chi connectivity index (χ2v) is 9.07. The Hall–Kier alpha value is -2.59. The van der Waals surface area contributed by atoms with E-state index in [-0.39, 0.29) is 10.8 Å². The minimum absolute atomic E-state index is 0.247. The van der Waals surface area contributed by atoms with Crippen LogP contribution in [0.2, 0.25) is 0 Å². The van der Waals surface area contributed by atoms with Crippen LogP contribution in [-0.4, -0.2) is 47.2 Å². The Balaban J connectivity index is 1.82. The fraction of sp³-hybridized carbons (Fsp3) is 0.368. The number of carbonyl (C=O) groups excluding carboxylic acids is 2. The van der Waals surface area contributed by atoms with Crippen LogP contribution in [0.25, 0.3) is 0 Å². The maximum absolute atomic E-state index is 12.5. The molecule has 0 atom stereocenters. The molecule has 10 heteroatoms. The first-order chi connectivity index (χ1) is 13.8. The third-order valence-electron chi connectivity index (χ3n) is 3.78. The van der Waals surface area contributed by atoms with Gasteiger partial charge in [0.15, 0.2) is 13.2 Å². The molecule has 1 aromatic carbocycles. The van der Waals surface area contributed by atoms with Gasteiger partial charge in [0.2, 0.25) is 0 Å². The van der Waals surface area contributed by atoms with Crippen LogP contribution < -0.4 is 9.04 Å². The molecular formula is C19H23NO7S2. The highest BCUT2D eigenvalue weighted by molar-refractivity contribution is 7.94. The number of benzene rings is 1. The van der Waals surface area contributed by atoms with Crippen molar-refractivity contribution in [2.45, 2.75) is 24.0 Å². The van der Waals surface area contributed by atoms with Crippen LogP contribution in [0.4, 0.5) is 5.69 Å². The highest BCUT2D eigenvalue weighted by atomic mass is 32.2. The average molecular weight is 442 g/mol. The van der Waals surface area contributed by atoms with Crippen molar-refractivity contribution in [2.24, 2.45) is 0 Å². The predicted molar refractivity (Wildman–Crippen MR) is 109 cm³/mol. The van der Waals surface area contributed by atoms with E-state index < -0.39 is 28.6 Å². The molecule has 0 N–H and O–H groups in total. The molecule has 0 amide bonds. The molecule has 1 aromatic heterocycles. The van der Waals surface area contributed by atoms with E-state index in [2.05, 4.69) is 0 Å². The fourth-order valence-electron chi connectivity index (χ4n) is 2.13. The van der Waals surface area contributed by atoms with E-state index in [1.54, 1.807) is 41.8 Å². The Labute approximate surface area is 174 Å². The number of thiophene rings is 1. The minimum Gasteiger partial charge on any atom is -0.482 e. The number of unbranched alkanes of at least 4 members (excludes halogenated alkanes) is 1. The van der Waals surface area contributed by atoms with Gasteiger partial charge >= 0.3 is 11.9 Å². The zero-order chi connectivity index (χ0) is 21.3. The van der Waals surface area contributed by atoms with Gasteiger partial charge in [-0.25, -0.2) is 18.0 Å². The van der Waals surface area contributed by atoms with Crippen LogP contribution in [0.3, 0.4) is 0 Å². The summed E-state index contributed by atoms with van der Waals surface area (Å²) in [4.78, 5) is 23.0.